The molecular weight excluding hydrogens is 256 g/mol. The van der Waals surface area contributed by atoms with Gasteiger partial charge in [0.2, 0.25) is 0 Å². The average molecular weight is 270 g/mol. The van der Waals surface area contributed by atoms with E-state index in [2.05, 4.69) is 0 Å². The van der Waals surface area contributed by atoms with Gasteiger partial charge in [0, 0.05) is 22.5 Å². The highest BCUT2D eigenvalue weighted by Crippen LogP contribution is 2.45. The van der Waals surface area contributed by atoms with Crippen LogP contribution in [0.1, 0.15) is 17.0 Å². The number of phenols is 1. The lowest BCUT2D eigenvalue weighted by atomic mass is 9.87. The molecule has 0 spiro atoms. The van der Waals surface area contributed by atoms with E-state index < -0.39 is 12.0 Å². The van der Waals surface area contributed by atoms with Gasteiger partial charge in [-0.05, 0) is 36.4 Å². The molecule has 5 nitrogen and oxygen atoms in total. The Morgan fingerprint density at radius 3 is 2.40 bits per heavy atom. The van der Waals surface area contributed by atoms with Gasteiger partial charge in [0.15, 0.2) is 12.4 Å². The van der Waals surface area contributed by atoms with Crippen LogP contribution in [0.4, 0.5) is 11.4 Å². The minimum Gasteiger partial charge on any atom is -0.508 e. The summed E-state index contributed by atoms with van der Waals surface area (Å²) in [6.45, 7) is 0. The van der Waals surface area contributed by atoms with E-state index >= 15 is 0 Å². The van der Waals surface area contributed by atoms with Crippen LogP contribution in [-0.4, -0.2) is 17.5 Å². The normalized spacial score (nSPS) is 20.2. The van der Waals surface area contributed by atoms with Crippen molar-refractivity contribution in [3.8, 4) is 11.5 Å². The number of carbonyl (C=O) groups excluding carboxylic acids is 1. The molecule has 0 saturated heterocycles. The predicted octanol–water partition coefficient (Wildman–Crippen LogP) is 1.65. The number of nitrogens with two attached hydrogens (primary N) is 2. The molecule has 0 bridgehead atoms. The largest absolute Gasteiger partial charge is 0.508 e. The van der Waals surface area contributed by atoms with Crippen molar-refractivity contribution in [2.24, 2.45) is 0 Å². The molecule has 2 aromatic carbocycles. The van der Waals surface area contributed by atoms with Crippen molar-refractivity contribution in [3.63, 3.8) is 0 Å². The van der Waals surface area contributed by atoms with E-state index in [1.165, 1.54) is 6.07 Å². The number of aromatic hydroxyl groups is 1. The van der Waals surface area contributed by atoms with Crippen LogP contribution < -0.4 is 16.2 Å². The first-order chi connectivity index (χ1) is 9.60. The van der Waals surface area contributed by atoms with Crippen molar-refractivity contribution in [2.45, 2.75) is 12.0 Å². The maximum Gasteiger partial charge on any atom is 0.165 e. The molecule has 2 aromatic rings. The third-order valence-electron chi connectivity index (χ3n) is 3.48. The van der Waals surface area contributed by atoms with Gasteiger partial charge < -0.3 is 21.3 Å². The second-order valence-electron chi connectivity index (χ2n) is 4.81. The monoisotopic (exact) mass is 270 g/mol. The van der Waals surface area contributed by atoms with Crippen LogP contribution in [0.25, 0.3) is 0 Å². The fourth-order valence-electron chi connectivity index (χ4n) is 2.58. The SMILES string of the molecule is Nc1ccc(O)c(C2c3cc(N)ccc3OC2C=O)c1. The second-order valence-corrected chi connectivity index (χ2v) is 4.81. The molecular formula is C15H14N2O3. The van der Waals surface area contributed by atoms with Gasteiger partial charge in [-0.1, -0.05) is 0 Å². The number of hydrogen-bond acceptors (Lipinski definition) is 5. The van der Waals surface area contributed by atoms with Crippen LogP contribution in [0.5, 0.6) is 11.5 Å². The Morgan fingerprint density at radius 1 is 1.05 bits per heavy atom. The number of benzene rings is 2. The van der Waals surface area contributed by atoms with E-state index in [1.54, 1.807) is 30.3 Å². The molecule has 5 heteroatoms. The molecule has 102 valence electrons. The summed E-state index contributed by atoms with van der Waals surface area (Å²) in [5.41, 5.74) is 14.0. The van der Waals surface area contributed by atoms with E-state index in [1.807, 2.05) is 0 Å². The van der Waals surface area contributed by atoms with Gasteiger partial charge in [0.1, 0.15) is 11.5 Å². The highest BCUT2D eigenvalue weighted by atomic mass is 16.5. The Morgan fingerprint density at radius 2 is 1.70 bits per heavy atom. The minimum absolute atomic E-state index is 0.0786. The Kier molecular flexibility index (Phi) is 2.75. The van der Waals surface area contributed by atoms with E-state index in [4.69, 9.17) is 16.2 Å². The first-order valence-electron chi connectivity index (χ1n) is 6.20. The van der Waals surface area contributed by atoms with Crippen molar-refractivity contribution in [3.05, 3.63) is 47.5 Å². The molecule has 20 heavy (non-hydrogen) atoms. The number of aldehydes is 1. The maximum atomic E-state index is 11.3. The second kappa shape index (κ2) is 4.45. The Hall–Kier alpha value is -2.69. The lowest BCUT2D eigenvalue weighted by Gasteiger charge is -2.16. The molecule has 1 heterocycles. The summed E-state index contributed by atoms with van der Waals surface area (Å²) < 4.78 is 5.60. The molecule has 0 fully saturated rings. The standard InChI is InChI=1S/C15H14N2O3/c16-8-1-3-12(19)10(5-8)15-11-6-9(17)2-4-13(11)20-14(15)7-18/h1-7,14-15,19H,16-17H2. The van der Waals surface area contributed by atoms with Crippen molar-refractivity contribution in [2.75, 3.05) is 11.5 Å². The van der Waals surface area contributed by atoms with Gasteiger partial charge in [-0.2, -0.15) is 0 Å². The van der Waals surface area contributed by atoms with Crippen LogP contribution in [0.15, 0.2) is 36.4 Å². The average Bonchev–Trinajstić information content (AvgIpc) is 2.79. The van der Waals surface area contributed by atoms with Crippen molar-refractivity contribution in [1.29, 1.82) is 0 Å². The fraction of sp³-hybridized carbons (Fsp3) is 0.133. The third kappa shape index (κ3) is 1.84. The molecule has 2 atom stereocenters. The number of ether oxygens (including phenoxy) is 1. The minimum atomic E-state index is -0.695. The van der Waals surface area contributed by atoms with Crippen LogP contribution in [-0.2, 0) is 4.79 Å². The van der Waals surface area contributed by atoms with Crippen molar-refractivity contribution < 1.29 is 14.6 Å². The molecule has 1 aliphatic rings. The van der Waals surface area contributed by atoms with Gasteiger partial charge in [-0.3, -0.25) is 4.79 Å². The van der Waals surface area contributed by atoms with Gasteiger partial charge in [-0.15, -0.1) is 0 Å². The number of nitrogen functional groups attached to an aromatic ring is 2. The van der Waals surface area contributed by atoms with Crippen molar-refractivity contribution in [1.82, 2.24) is 0 Å². The van der Waals surface area contributed by atoms with E-state index in [0.717, 1.165) is 11.8 Å². The molecule has 0 radical (unpaired) electrons. The van der Waals surface area contributed by atoms with E-state index in [-0.39, 0.29) is 5.75 Å². The predicted molar refractivity (Wildman–Crippen MR) is 75.7 cm³/mol. The van der Waals surface area contributed by atoms with Crippen LogP contribution in [0.3, 0.4) is 0 Å². The van der Waals surface area contributed by atoms with Gasteiger partial charge in [0.05, 0.1) is 5.92 Å². The summed E-state index contributed by atoms with van der Waals surface area (Å²) >= 11 is 0. The summed E-state index contributed by atoms with van der Waals surface area (Å²) in [6, 6.07) is 9.96. The lowest BCUT2D eigenvalue weighted by molar-refractivity contribution is -0.113. The number of carbonyl (C=O) groups is 1. The number of fused-ring (bicyclic) bond motifs is 1. The molecule has 0 aromatic heterocycles. The summed E-state index contributed by atoms with van der Waals surface area (Å²) in [6.07, 6.45) is 0.0308. The molecule has 2 unspecified atom stereocenters. The quantitative estimate of drug-likeness (QED) is 0.438. The van der Waals surface area contributed by atoms with E-state index in [9.17, 15) is 9.90 Å². The number of phenolic OH excluding ortho intramolecular Hbond substituents is 1. The van der Waals surface area contributed by atoms with Crippen LogP contribution >= 0.6 is 0 Å². The molecule has 1 aliphatic heterocycles. The number of hydrogen-bond donors (Lipinski definition) is 3. The summed E-state index contributed by atoms with van der Waals surface area (Å²) in [4.78, 5) is 11.3. The molecule has 0 amide bonds. The fourth-order valence-corrected chi connectivity index (χ4v) is 2.58. The Bertz CT molecular complexity index is 685. The van der Waals surface area contributed by atoms with E-state index in [0.29, 0.717) is 22.7 Å². The molecule has 0 saturated carbocycles. The van der Waals surface area contributed by atoms with Gasteiger partial charge in [0.25, 0.3) is 0 Å². The highest BCUT2D eigenvalue weighted by Gasteiger charge is 2.37. The maximum absolute atomic E-state index is 11.3. The summed E-state index contributed by atoms with van der Waals surface area (Å²) in [5.74, 6) is 0.271. The lowest BCUT2D eigenvalue weighted by Crippen LogP contribution is -2.21. The molecule has 5 N–H and O–H groups in total. The number of anilines is 2. The zero-order valence-corrected chi connectivity index (χ0v) is 10.6. The molecule has 0 aliphatic carbocycles. The molecule has 3 rings (SSSR count). The summed E-state index contributed by atoms with van der Waals surface area (Å²) in [5, 5.41) is 10.0. The van der Waals surface area contributed by atoms with Gasteiger partial charge >= 0.3 is 0 Å². The Labute approximate surface area is 115 Å². The highest BCUT2D eigenvalue weighted by molar-refractivity contribution is 5.69. The van der Waals surface area contributed by atoms with Gasteiger partial charge in [-0.25, -0.2) is 0 Å². The van der Waals surface area contributed by atoms with Crippen LogP contribution in [0.2, 0.25) is 0 Å². The number of rotatable bonds is 2. The smallest absolute Gasteiger partial charge is 0.165 e. The summed E-state index contributed by atoms with van der Waals surface area (Å²) in [7, 11) is 0. The third-order valence-corrected chi connectivity index (χ3v) is 3.48. The van der Waals surface area contributed by atoms with Crippen LogP contribution in [0, 0.1) is 0 Å². The Balaban J connectivity index is 2.18. The first-order valence-corrected chi connectivity index (χ1v) is 6.20. The van der Waals surface area contributed by atoms with Crippen molar-refractivity contribution >= 4 is 17.7 Å². The first kappa shape index (κ1) is 12.3. The zero-order valence-electron chi connectivity index (χ0n) is 10.6. The zero-order chi connectivity index (χ0) is 14.3. The topological polar surface area (TPSA) is 98.6 Å².